The topological polar surface area (TPSA) is 77.7 Å². The fourth-order valence-corrected chi connectivity index (χ4v) is 3.01. The maximum Gasteiger partial charge on any atom is 0.246 e. The first kappa shape index (κ1) is 21.4. The Kier molecular flexibility index (Phi) is 7.43. The van der Waals surface area contributed by atoms with E-state index in [0.29, 0.717) is 43.5 Å². The van der Waals surface area contributed by atoms with Crippen LogP contribution in [0.3, 0.4) is 0 Å². The fourth-order valence-electron chi connectivity index (χ4n) is 3.01. The lowest BCUT2D eigenvalue weighted by atomic mass is 10.1. The third-order valence-electron chi connectivity index (χ3n) is 4.53. The predicted molar refractivity (Wildman–Crippen MR) is 113 cm³/mol. The zero-order chi connectivity index (χ0) is 21.3. The fraction of sp³-hybridized carbons (Fsp3) is 0.348. The first-order valence-corrected chi connectivity index (χ1v) is 10.1. The van der Waals surface area contributed by atoms with Gasteiger partial charge in [0.1, 0.15) is 0 Å². The van der Waals surface area contributed by atoms with E-state index in [1.165, 1.54) is 0 Å². The third kappa shape index (κ3) is 5.59. The maximum atomic E-state index is 12.6. The molecule has 0 fully saturated rings. The van der Waals surface area contributed by atoms with E-state index in [2.05, 4.69) is 10.1 Å². The Morgan fingerprint density at radius 1 is 1.03 bits per heavy atom. The zero-order valence-corrected chi connectivity index (χ0v) is 17.6. The standard InChI is InChI=1S/C23H27N3O4/c1-4-28-19-13-11-17(15-20(19)29-5-2)12-14-22(27)26(3)16-21-24-23(25-30-21)18-9-7-6-8-10-18/h6-11,13,15H,4-5,12,14,16H2,1-3H3. The Morgan fingerprint density at radius 3 is 2.50 bits per heavy atom. The highest BCUT2D eigenvalue weighted by molar-refractivity contribution is 5.76. The molecule has 0 atom stereocenters. The minimum Gasteiger partial charge on any atom is -0.490 e. The first-order valence-electron chi connectivity index (χ1n) is 10.1. The predicted octanol–water partition coefficient (Wildman–Crippen LogP) is 4.13. The number of hydrogen-bond acceptors (Lipinski definition) is 6. The highest BCUT2D eigenvalue weighted by Crippen LogP contribution is 2.29. The van der Waals surface area contributed by atoms with Crippen molar-refractivity contribution in [2.75, 3.05) is 20.3 Å². The van der Waals surface area contributed by atoms with Gasteiger partial charge in [-0.15, -0.1) is 0 Å². The Hall–Kier alpha value is -3.35. The number of ether oxygens (including phenoxy) is 2. The molecule has 0 spiro atoms. The molecule has 0 N–H and O–H groups in total. The molecule has 7 heteroatoms. The van der Waals surface area contributed by atoms with Gasteiger partial charge in [0.15, 0.2) is 11.5 Å². The number of carbonyl (C=O) groups is 1. The van der Waals surface area contributed by atoms with Gasteiger partial charge in [-0.1, -0.05) is 41.6 Å². The molecule has 30 heavy (non-hydrogen) atoms. The van der Waals surface area contributed by atoms with Crippen molar-refractivity contribution in [2.24, 2.45) is 0 Å². The maximum absolute atomic E-state index is 12.6. The van der Waals surface area contributed by atoms with E-state index < -0.39 is 0 Å². The molecular formula is C23H27N3O4. The van der Waals surface area contributed by atoms with Crippen molar-refractivity contribution in [3.63, 3.8) is 0 Å². The SMILES string of the molecule is CCOc1ccc(CCC(=O)N(C)Cc2nc(-c3ccccc3)no2)cc1OCC. The zero-order valence-electron chi connectivity index (χ0n) is 17.6. The van der Waals surface area contributed by atoms with Gasteiger partial charge in [-0.25, -0.2) is 0 Å². The van der Waals surface area contributed by atoms with E-state index in [4.69, 9.17) is 14.0 Å². The summed E-state index contributed by atoms with van der Waals surface area (Å²) in [7, 11) is 1.73. The van der Waals surface area contributed by atoms with Gasteiger partial charge in [-0.05, 0) is 38.0 Å². The highest BCUT2D eigenvalue weighted by atomic mass is 16.5. The van der Waals surface area contributed by atoms with Crippen molar-refractivity contribution in [3.05, 3.63) is 60.0 Å². The lowest BCUT2D eigenvalue weighted by Crippen LogP contribution is -2.26. The molecule has 0 aliphatic rings. The monoisotopic (exact) mass is 409 g/mol. The number of aromatic nitrogens is 2. The molecule has 1 heterocycles. The molecule has 0 unspecified atom stereocenters. The molecule has 1 aromatic heterocycles. The van der Waals surface area contributed by atoms with E-state index in [1.54, 1.807) is 11.9 Å². The van der Waals surface area contributed by atoms with Crippen LogP contribution in [0.15, 0.2) is 53.1 Å². The number of carbonyl (C=O) groups excluding carboxylic acids is 1. The number of aryl methyl sites for hydroxylation is 1. The molecule has 2 aromatic carbocycles. The summed E-state index contributed by atoms with van der Waals surface area (Å²) in [5.41, 5.74) is 1.90. The van der Waals surface area contributed by atoms with Crippen LogP contribution in [0.4, 0.5) is 0 Å². The second-order valence-corrected chi connectivity index (χ2v) is 6.77. The minimum atomic E-state index is 0.00121. The van der Waals surface area contributed by atoms with Crippen molar-refractivity contribution in [1.82, 2.24) is 15.0 Å². The molecule has 0 saturated heterocycles. The van der Waals surface area contributed by atoms with E-state index in [1.807, 2.05) is 62.4 Å². The van der Waals surface area contributed by atoms with Gasteiger partial charge in [0.25, 0.3) is 0 Å². The van der Waals surface area contributed by atoms with Crippen LogP contribution >= 0.6 is 0 Å². The number of benzene rings is 2. The lowest BCUT2D eigenvalue weighted by Gasteiger charge is -2.15. The molecule has 0 saturated carbocycles. The smallest absolute Gasteiger partial charge is 0.246 e. The van der Waals surface area contributed by atoms with Gasteiger partial charge in [0.2, 0.25) is 17.6 Å². The van der Waals surface area contributed by atoms with Gasteiger partial charge < -0.3 is 18.9 Å². The second-order valence-electron chi connectivity index (χ2n) is 6.77. The van der Waals surface area contributed by atoms with Crippen LogP contribution in [0.25, 0.3) is 11.4 Å². The summed E-state index contributed by atoms with van der Waals surface area (Å²) in [4.78, 5) is 18.5. The summed E-state index contributed by atoms with van der Waals surface area (Å²) >= 11 is 0. The molecular weight excluding hydrogens is 382 g/mol. The lowest BCUT2D eigenvalue weighted by molar-refractivity contribution is -0.130. The van der Waals surface area contributed by atoms with E-state index >= 15 is 0 Å². The van der Waals surface area contributed by atoms with Crippen LogP contribution in [-0.2, 0) is 17.8 Å². The number of amides is 1. The molecule has 3 rings (SSSR count). The summed E-state index contributed by atoms with van der Waals surface area (Å²) < 4.78 is 16.5. The van der Waals surface area contributed by atoms with Crippen molar-refractivity contribution < 1.29 is 18.8 Å². The van der Waals surface area contributed by atoms with Crippen molar-refractivity contribution in [2.45, 2.75) is 33.2 Å². The number of nitrogens with zero attached hydrogens (tertiary/aromatic N) is 3. The molecule has 0 aliphatic heterocycles. The Bertz CT molecular complexity index is 956. The third-order valence-corrected chi connectivity index (χ3v) is 4.53. The van der Waals surface area contributed by atoms with Gasteiger partial charge in [-0.2, -0.15) is 4.98 Å². The van der Waals surface area contributed by atoms with Crippen LogP contribution in [0.5, 0.6) is 11.5 Å². The van der Waals surface area contributed by atoms with E-state index in [0.717, 1.165) is 16.9 Å². The largest absolute Gasteiger partial charge is 0.490 e. The van der Waals surface area contributed by atoms with Gasteiger partial charge in [0.05, 0.1) is 19.8 Å². The van der Waals surface area contributed by atoms with E-state index in [-0.39, 0.29) is 12.5 Å². The molecule has 3 aromatic rings. The van der Waals surface area contributed by atoms with Crippen LogP contribution in [-0.4, -0.2) is 41.2 Å². The van der Waals surface area contributed by atoms with Crippen LogP contribution < -0.4 is 9.47 Å². The van der Waals surface area contributed by atoms with Crippen molar-refractivity contribution >= 4 is 5.91 Å². The molecule has 0 aliphatic carbocycles. The Balaban J connectivity index is 1.56. The summed E-state index contributed by atoms with van der Waals surface area (Å²) in [6.07, 6.45) is 0.977. The highest BCUT2D eigenvalue weighted by Gasteiger charge is 2.15. The summed E-state index contributed by atoms with van der Waals surface area (Å²) in [6, 6.07) is 15.4. The first-order chi connectivity index (χ1) is 14.6. The molecule has 7 nitrogen and oxygen atoms in total. The molecule has 0 bridgehead atoms. The normalized spacial score (nSPS) is 10.6. The van der Waals surface area contributed by atoms with E-state index in [9.17, 15) is 4.79 Å². The van der Waals surface area contributed by atoms with Crippen molar-refractivity contribution in [1.29, 1.82) is 0 Å². The van der Waals surface area contributed by atoms with Crippen molar-refractivity contribution in [3.8, 4) is 22.9 Å². The van der Waals surface area contributed by atoms with Crippen LogP contribution in [0.2, 0.25) is 0 Å². The van der Waals surface area contributed by atoms with Gasteiger partial charge in [0, 0.05) is 19.0 Å². The van der Waals surface area contributed by atoms with Crippen LogP contribution in [0.1, 0.15) is 31.7 Å². The average molecular weight is 409 g/mol. The Morgan fingerprint density at radius 2 is 1.77 bits per heavy atom. The Labute approximate surface area is 176 Å². The summed E-state index contributed by atoms with van der Waals surface area (Å²) in [6.45, 7) is 5.27. The number of hydrogen-bond donors (Lipinski definition) is 0. The average Bonchev–Trinajstić information content (AvgIpc) is 3.23. The molecule has 158 valence electrons. The van der Waals surface area contributed by atoms with Gasteiger partial charge >= 0.3 is 0 Å². The quantitative estimate of drug-likeness (QED) is 0.501. The summed E-state index contributed by atoms with van der Waals surface area (Å²) in [5.74, 6) is 2.35. The second kappa shape index (κ2) is 10.4. The molecule has 0 radical (unpaired) electrons. The summed E-state index contributed by atoms with van der Waals surface area (Å²) in [5, 5.41) is 3.99. The van der Waals surface area contributed by atoms with Gasteiger partial charge in [-0.3, -0.25) is 4.79 Å². The minimum absolute atomic E-state index is 0.00121. The number of rotatable bonds is 10. The molecule has 1 amide bonds. The van der Waals surface area contributed by atoms with Crippen LogP contribution in [0, 0.1) is 0 Å².